The molecule has 0 saturated heterocycles. The molecule has 122 valence electrons. The van der Waals surface area contributed by atoms with Crippen LogP contribution in [0.5, 0.6) is 0 Å². The normalized spacial score (nSPS) is 10.8. The largest absolute Gasteiger partial charge is 0.287 e. The summed E-state index contributed by atoms with van der Waals surface area (Å²) in [4.78, 5) is 12.4. The van der Waals surface area contributed by atoms with E-state index in [1.165, 1.54) is 6.08 Å². The third-order valence-corrected chi connectivity index (χ3v) is 3.87. The van der Waals surface area contributed by atoms with E-state index in [-0.39, 0.29) is 5.78 Å². The van der Waals surface area contributed by atoms with Crippen molar-refractivity contribution >= 4 is 11.9 Å². The standard InChI is InChI=1S/C20H16N4O/c1-14-3-10-18(11-4-14)24-15(2)20(22-23-24)19(25)12-9-16-5-7-17(13-21)8-6-16/h3-12H,1-2H3/b12-9+. The molecule has 1 heterocycles. The lowest BCUT2D eigenvalue weighted by Crippen LogP contribution is -2.01. The van der Waals surface area contributed by atoms with Crippen molar-refractivity contribution in [1.82, 2.24) is 15.0 Å². The van der Waals surface area contributed by atoms with Gasteiger partial charge in [0.15, 0.2) is 5.69 Å². The molecule has 2 aromatic carbocycles. The third-order valence-electron chi connectivity index (χ3n) is 3.87. The van der Waals surface area contributed by atoms with E-state index >= 15 is 0 Å². The van der Waals surface area contributed by atoms with Gasteiger partial charge in [0.2, 0.25) is 5.78 Å². The summed E-state index contributed by atoms with van der Waals surface area (Å²) in [5, 5.41) is 16.9. The monoisotopic (exact) mass is 328 g/mol. The number of nitriles is 1. The minimum atomic E-state index is -0.208. The van der Waals surface area contributed by atoms with E-state index in [4.69, 9.17) is 5.26 Å². The van der Waals surface area contributed by atoms with E-state index < -0.39 is 0 Å². The summed E-state index contributed by atoms with van der Waals surface area (Å²) in [6, 6.07) is 16.9. The lowest BCUT2D eigenvalue weighted by atomic mass is 10.1. The molecule has 5 nitrogen and oxygen atoms in total. The van der Waals surface area contributed by atoms with Crippen molar-refractivity contribution < 1.29 is 4.79 Å². The van der Waals surface area contributed by atoms with Crippen LogP contribution in [0.1, 0.15) is 32.9 Å². The smallest absolute Gasteiger partial charge is 0.208 e. The molecule has 0 spiro atoms. The number of allylic oxidation sites excluding steroid dienone is 1. The summed E-state index contributed by atoms with van der Waals surface area (Å²) >= 11 is 0. The van der Waals surface area contributed by atoms with Crippen LogP contribution in [0.2, 0.25) is 0 Å². The molecule has 0 aliphatic carbocycles. The van der Waals surface area contributed by atoms with Gasteiger partial charge in [-0.05, 0) is 49.8 Å². The second-order valence-electron chi connectivity index (χ2n) is 5.70. The second kappa shape index (κ2) is 6.93. The van der Waals surface area contributed by atoms with Crippen LogP contribution in [0.15, 0.2) is 54.6 Å². The fourth-order valence-corrected chi connectivity index (χ4v) is 2.41. The highest BCUT2D eigenvalue weighted by molar-refractivity contribution is 6.06. The average molecular weight is 328 g/mol. The van der Waals surface area contributed by atoms with Crippen LogP contribution < -0.4 is 0 Å². The van der Waals surface area contributed by atoms with Crippen LogP contribution >= 0.6 is 0 Å². The molecule has 0 atom stereocenters. The van der Waals surface area contributed by atoms with Gasteiger partial charge in [-0.3, -0.25) is 4.79 Å². The summed E-state index contributed by atoms with van der Waals surface area (Å²) in [6.07, 6.45) is 3.17. The molecule has 0 bridgehead atoms. The Labute approximate surface area is 145 Å². The maximum absolute atomic E-state index is 12.4. The highest BCUT2D eigenvalue weighted by atomic mass is 16.1. The Morgan fingerprint density at radius 1 is 1.08 bits per heavy atom. The van der Waals surface area contributed by atoms with Crippen molar-refractivity contribution in [1.29, 1.82) is 5.26 Å². The van der Waals surface area contributed by atoms with E-state index in [0.717, 1.165) is 16.8 Å². The number of carbonyl (C=O) groups excluding carboxylic acids is 1. The zero-order chi connectivity index (χ0) is 17.8. The predicted octanol–water partition coefficient (Wildman–Crippen LogP) is 3.65. The molecule has 1 aromatic heterocycles. The Morgan fingerprint density at radius 3 is 2.40 bits per heavy atom. The minimum absolute atomic E-state index is 0.208. The lowest BCUT2D eigenvalue weighted by molar-refractivity contribution is 0.104. The van der Waals surface area contributed by atoms with Gasteiger partial charge in [0.05, 0.1) is 23.0 Å². The molecule has 0 saturated carbocycles. The Morgan fingerprint density at radius 2 is 1.76 bits per heavy atom. The van der Waals surface area contributed by atoms with Crippen molar-refractivity contribution in [2.75, 3.05) is 0 Å². The SMILES string of the molecule is Cc1ccc(-n2nnc(C(=O)/C=C/c3ccc(C#N)cc3)c2C)cc1. The Hall–Kier alpha value is -3.52. The summed E-state index contributed by atoms with van der Waals surface area (Å²) in [5.41, 5.74) is 4.47. The van der Waals surface area contributed by atoms with E-state index in [1.807, 2.05) is 38.1 Å². The Balaban J connectivity index is 1.82. The van der Waals surface area contributed by atoms with Gasteiger partial charge in [0.1, 0.15) is 0 Å². The lowest BCUT2D eigenvalue weighted by Gasteiger charge is -2.03. The highest BCUT2D eigenvalue weighted by Gasteiger charge is 2.15. The van der Waals surface area contributed by atoms with Gasteiger partial charge in [0, 0.05) is 0 Å². The first kappa shape index (κ1) is 16.3. The van der Waals surface area contributed by atoms with Crippen LogP contribution in [-0.4, -0.2) is 20.8 Å². The molecular weight excluding hydrogens is 312 g/mol. The van der Waals surface area contributed by atoms with Crippen molar-refractivity contribution in [3.63, 3.8) is 0 Å². The van der Waals surface area contributed by atoms with Crippen molar-refractivity contribution in [3.8, 4) is 11.8 Å². The number of carbonyl (C=O) groups is 1. The van der Waals surface area contributed by atoms with Crippen molar-refractivity contribution in [3.05, 3.63) is 82.7 Å². The van der Waals surface area contributed by atoms with Gasteiger partial charge >= 0.3 is 0 Å². The molecule has 3 rings (SSSR count). The first-order chi connectivity index (χ1) is 12.1. The van der Waals surface area contributed by atoms with Crippen LogP contribution in [0.25, 0.3) is 11.8 Å². The number of aryl methyl sites for hydroxylation is 1. The van der Waals surface area contributed by atoms with Gasteiger partial charge in [-0.25, -0.2) is 4.68 Å². The van der Waals surface area contributed by atoms with E-state index in [9.17, 15) is 4.79 Å². The van der Waals surface area contributed by atoms with Crippen molar-refractivity contribution in [2.45, 2.75) is 13.8 Å². The molecule has 3 aromatic rings. The molecule has 0 amide bonds. The first-order valence-electron chi connectivity index (χ1n) is 7.80. The van der Waals surface area contributed by atoms with Crippen LogP contribution in [0.4, 0.5) is 0 Å². The molecule has 0 fully saturated rings. The summed E-state index contributed by atoms with van der Waals surface area (Å²) in [6.45, 7) is 3.84. The zero-order valence-corrected chi connectivity index (χ0v) is 14.0. The van der Waals surface area contributed by atoms with Crippen LogP contribution in [0.3, 0.4) is 0 Å². The molecule has 0 N–H and O–H groups in total. The topological polar surface area (TPSA) is 71.6 Å². The number of nitrogens with zero attached hydrogens (tertiary/aromatic N) is 4. The maximum Gasteiger partial charge on any atom is 0.208 e. The van der Waals surface area contributed by atoms with Crippen molar-refractivity contribution in [2.24, 2.45) is 0 Å². The summed E-state index contributed by atoms with van der Waals surface area (Å²) in [7, 11) is 0. The van der Waals surface area contributed by atoms with Gasteiger partial charge < -0.3 is 0 Å². The number of benzene rings is 2. The van der Waals surface area contributed by atoms with Crippen LogP contribution in [-0.2, 0) is 0 Å². The van der Waals surface area contributed by atoms with E-state index in [1.54, 1.807) is 35.0 Å². The zero-order valence-electron chi connectivity index (χ0n) is 14.0. The molecule has 0 aliphatic heterocycles. The Kier molecular flexibility index (Phi) is 4.53. The van der Waals surface area contributed by atoms with Gasteiger partial charge in [0.25, 0.3) is 0 Å². The first-order valence-corrected chi connectivity index (χ1v) is 7.80. The summed E-state index contributed by atoms with van der Waals surface area (Å²) < 4.78 is 1.65. The van der Waals surface area contributed by atoms with E-state index in [2.05, 4.69) is 16.4 Å². The Bertz CT molecular complexity index is 974. The van der Waals surface area contributed by atoms with Gasteiger partial charge in [-0.1, -0.05) is 41.1 Å². The number of rotatable bonds is 4. The quantitative estimate of drug-likeness (QED) is 0.541. The molecule has 5 heteroatoms. The molecule has 25 heavy (non-hydrogen) atoms. The maximum atomic E-state index is 12.4. The van der Waals surface area contributed by atoms with Crippen LogP contribution in [0, 0.1) is 25.2 Å². The molecular formula is C20H16N4O. The predicted molar refractivity (Wildman–Crippen MR) is 95.4 cm³/mol. The average Bonchev–Trinajstić information content (AvgIpc) is 3.02. The number of hydrogen-bond donors (Lipinski definition) is 0. The molecule has 0 unspecified atom stereocenters. The fourth-order valence-electron chi connectivity index (χ4n) is 2.41. The van der Waals surface area contributed by atoms with Gasteiger partial charge in [-0.2, -0.15) is 5.26 Å². The van der Waals surface area contributed by atoms with E-state index in [0.29, 0.717) is 17.0 Å². The number of aromatic nitrogens is 3. The summed E-state index contributed by atoms with van der Waals surface area (Å²) in [5.74, 6) is -0.208. The molecule has 0 radical (unpaired) electrons. The number of ketones is 1. The van der Waals surface area contributed by atoms with Gasteiger partial charge in [-0.15, -0.1) is 5.10 Å². The highest BCUT2D eigenvalue weighted by Crippen LogP contribution is 2.14. The second-order valence-corrected chi connectivity index (χ2v) is 5.70. The number of hydrogen-bond acceptors (Lipinski definition) is 4. The minimum Gasteiger partial charge on any atom is -0.287 e. The molecule has 0 aliphatic rings. The third kappa shape index (κ3) is 3.54. The fraction of sp³-hybridized carbons (Fsp3) is 0.100.